The SMILES string of the molecule is CC(C)(C)c1[nH]cnc1C=c1[nH]c(=O)c(=Cc2cc(Cl)ccc2O)[nH]c1=O. The number of rotatable bonds is 2. The average Bonchev–Trinajstić information content (AvgIpc) is 3.04. The lowest BCUT2D eigenvalue weighted by molar-refractivity contribution is 0.474. The normalized spacial score (nSPS) is 13.3. The summed E-state index contributed by atoms with van der Waals surface area (Å²) in [5, 5.41) is 10.4. The highest BCUT2D eigenvalue weighted by Crippen LogP contribution is 2.23. The Balaban J connectivity index is 2.16. The number of benzene rings is 1. The number of imidazole rings is 1. The highest BCUT2D eigenvalue weighted by atomic mass is 35.5. The van der Waals surface area contributed by atoms with Crippen molar-refractivity contribution in [2.75, 3.05) is 0 Å². The molecule has 140 valence electrons. The van der Waals surface area contributed by atoms with Gasteiger partial charge >= 0.3 is 0 Å². The first kappa shape index (κ1) is 18.7. The van der Waals surface area contributed by atoms with E-state index in [1.165, 1.54) is 30.4 Å². The summed E-state index contributed by atoms with van der Waals surface area (Å²) in [6.07, 6.45) is 4.43. The minimum atomic E-state index is -0.506. The minimum absolute atomic E-state index is 0.00721. The molecule has 0 saturated heterocycles. The molecule has 0 unspecified atom stereocenters. The van der Waals surface area contributed by atoms with Crippen LogP contribution in [0.2, 0.25) is 5.02 Å². The highest BCUT2D eigenvalue weighted by molar-refractivity contribution is 6.30. The van der Waals surface area contributed by atoms with Crippen LogP contribution in [0.3, 0.4) is 0 Å². The topological polar surface area (TPSA) is 115 Å². The second kappa shape index (κ2) is 6.92. The fourth-order valence-electron chi connectivity index (χ4n) is 2.64. The van der Waals surface area contributed by atoms with Gasteiger partial charge < -0.3 is 20.1 Å². The fraction of sp³-hybridized carbons (Fsp3) is 0.211. The number of phenolic OH excluding ortho intramolecular Hbond substituents is 1. The molecule has 0 spiro atoms. The Kier molecular flexibility index (Phi) is 4.80. The third kappa shape index (κ3) is 4.03. The van der Waals surface area contributed by atoms with Crippen molar-refractivity contribution in [1.82, 2.24) is 19.9 Å². The third-order valence-electron chi connectivity index (χ3n) is 3.97. The van der Waals surface area contributed by atoms with Gasteiger partial charge in [0.1, 0.15) is 16.4 Å². The van der Waals surface area contributed by atoms with Crippen molar-refractivity contribution in [3.8, 4) is 5.75 Å². The lowest BCUT2D eigenvalue weighted by atomic mass is 9.90. The number of halogens is 1. The van der Waals surface area contributed by atoms with Crippen LogP contribution in [0.4, 0.5) is 0 Å². The Morgan fingerprint density at radius 3 is 2.33 bits per heavy atom. The molecule has 7 nitrogen and oxygen atoms in total. The molecule has 1 aromatic carbocycles. The van der Waals surface area contributed by atoms with E-state index in [1.54, 1.807) is 6.33 Å². The first-order valence-corrected chi connectivity index (χ1v) is 8.61. The Labute approximate surface area is 159 Å². The first-order valence-electron chi connectivity index (χ1n) is 8.23. The molecule has 0 fully saturated rings. The molecule has 0 amide bonds. The smallest absolute Gasteiger partial charge is 0.272 e. The summed E-state index contributed by atoms with van der Waals surface area (Å²) in [4.78, 5) is 37.2. The molecule has 0 radical (unpaired) electrons. The van der Waals surface area contributed by atoms with Gasteiger partial charge in [-0.25, -0.2) is 4.98 Å². The van der Waals surface area contributed by atoms with E-state index in [0.717, 1.165) is 5.69 Å². The molecular formula is C19H19ClN4O3. The molecule has 0 bridgehead atoms. The van der Waals surface area contributed by atoms with Gasteiger partial charge in [-0.15, -0.1) is 0 Å². The highest BCUT2D eigenvalue weighted by Gasteiger charge is 2.19. The van der Waals surface area contributed by atoms with Gasteiger partial charge in [0.25, 0.3) is 11.1 Å². The van der Waals surface area contributed by atoms with E-state index < -0.39 is 11.1 Å². The molecule has 27 heavy (non-hydrogen) atoms. The summed E-state index contributed by atoms with van der Waals surface area (Å²) in [5.41, 5.74) is 0.559. The minimum Gasteiger partial charge on any atom is -0.507 e. The lowest BCUT2D eigenvalue weighted by Crippen LogP contribution is -2.46. The van der Waals surface area contributed by atoms with Crippen molar-refractivity contribution in [1.29, 1.82) is 0 Å². The van der Waals surface area contributed by atoms with Crippen LogP contribution >= 0.6 is 11.6 Å². The van der Waals surface area contributed by atoms with E-state index in [2.05, 4.69) is 19.9 Å². The largest absolute Gasteiger partial charge is 0.507 e. The predicted octanol–water partition coefficient (Wildman–Crippen LogP) is 1.10. The van der Waals surface area contributed by atoms with Crippen LogP contribution in [0.1, 0.15) is 37.7 Å². The Hall–Kier alpha value is -3.06. The average molecular weight is 387 g/mol. The monoisotopic (exact) mass is 386 g/mol. The van der Waals surface area contributed by atoms with Crippen LogP contribution in [-0.4, -0.2) is 25.0 Å². The van der Waals surface area contributed by atoms with E-state index >= 15 is 0 Å². The van der Waals surface area contributed by atoms with Crippen molar-refractivity contribution in [3.63, 3.8) is 0 Å². The quantitative estimate of drug-likeness (QED) is 0.528. The predicted molar refractivity (Wildman–Crippen MR) is 104 cm³/mol. The van der Waals surface area contributed by atoms with E-state index in [-0.39, 0.29) is 21.9 Å². The molecule has 8 heteroatoms. The van der Waals surface area contributed by atoms with Gasteiger partial charge in [-0.2, -0.15) is 0 Å². The molecule has 0 aliphatic carbocycles. The standard InChI is InChI=1S/C19H19ClN4O3/c1-19(2,3)16-12(21-9-22-16)8-14-18(27)23-13(17(26)24-14)7-10-6-11(20)4-5-15(10)25/h4-9,25H,1-3H3,(H,21,22)(H,23,27)(H,24,26). The van der Waals surface area contributed by atoms with Crippen molar-refractivity contribution in [2.24, 2.45) is 0 Å². The van der Waals surface area contributed by atoms with E-state index in [4.69, 9.17) is 11.6 Å². The molecule has 0 atom stereocenters. The van der Waals surface area contributed by atoms with Crippen LogP contribution < -0.4 is 21.8 Å². The Morgan fingerprint density at radius 1 is 1.07 bits per heavy atom. The van der Waals surface area contributed by atoms with Crippen LogP contribution in [0.5, 0.6) is 5.75 Å². The van der Waals surface area contributed by atoms with Crippen molar-refractivity contribution < 1.29 is 5.11 Å². The zero-order valence-electron chi connectivity index (χ0n) is 15.1. The number of phenols is 1. The molecule has 2 aromatic heterocycles. The number of hydrogen-bond acceptors (Lipinski definition) is 4. The van der Waals surface area contributed by atoms with Crippen molar-refractivity contribution in [2.45, 2.75) is 26.2 Å². The molecule has 0 aliphatic heterocycles. The van der Waals surface area contributed by atoms with E-state index in [0.29, 0.717) is 16.3 Å². The number of nitrogens with zero attached hydrogens (tertiary/aromatic N) is 1. The number of aromatic hydroxyl groups is 1. The van der Waals surface area contributed by atoms with Gasteiger partial charge in [-0.1, -0.05) is 32.4 Å². The first-order chi connectivity index (χ1) is 12.6. The molecular weight excluding hydrogens is 368 g/mol. The Morgan fingerprint density at radius 2 is 1.70 bits per heavy atom. The number of hydrogen-bond donors (Lipinski definition) is 4. The van der Waals surface area contributed by atoms with Crippen molar-refractivity contribution in [3.05, 3.63) is 77.9 Å². The number of H-pyrrole nitrogens is 3. The zero-order valence-corrected chi connectivity index (χ0v) is 15.8. The van der Waals surface area contributed by atoms with Crippen molar-refractivity contribution >= 4 is 23.8 Å². The van der Waals surface area contributed by atoms with Gasteiger partial charge in [0.2, 0.25) is 0 Å². The summed E-state index contributed by atoms with van der Waals surface area (Å²) < 4.78 is 0. The Bertz CT molecular complexity index is 1230. The van der Waals surface area contributed by atoms with Gasteiger partial charge in [0.15, 0.2) is 0 Å². The van der Waals surface area contributed by atoms with Gasteiger partial charge in [0, 0.05) is 21.7 Å². The maximum absolute atomic E-state index is 12.4. The zero-order chi connectivity index (χ0) is 19.8. The fourth-order valence-corrected chi connectivity index (χ4v) is 2.82. The summed E-state index contributed by atoms with van der Waals surface area (Å²) in [6.45, 7) is 6.04. The van der Waals surface area contributed by atoms with Gasteiger partial charge in [-0.05, 0) is 30.4 Å². The van der Waals surface area contributed by atoms with Crippen LogP contribution in [-0.2, 0) is 5.41 Å². The summed E-state index contributed by atoms with van der Waals surface area (Å²) in [6, 6.07) is 4.43. The third-order valence-corrected chi connectivity index (χ3v) is 4.21. The van der Waals surface area contributed by atoms with Crippen LogP contribution in [0.15, 0.2) is 34.1 Å². The van der Waals surface area contributed by atoms with E-state index in [9.17, 15) is 14.7 Å². The number of aromatic nitrogens is 4. The second-order valence-corrected chi connectivity index (χ2v) is 7.58. The molecule has 3 aromatic rings. The molecule has 2 heterocycles. The maximum Gasteiger partial charge on any atom is 0.272 e. The lowest BCUT2D eigenvalue weighted by Gasteiger charge is -2.16. The molecule has 4 N–H and O–H groups in total. The summed E-state index contributed by atoms with van der Waals surface area (Å²) in [7, 11) is 0. The van der Waals surface area contributed by atoms with Crippen LogP contribution in [0.25, 0.3) is 12.2 Å². The van der Waals surface area contributed by atoms with E-state index in [1.807, 2.05) is 20.8 Å². The molecule has 3 rings (SSSR count). The molecule has 0 aliphatic rings. The second-order valence-electron chi connectivity index (χ2n) is 7.14. The maximum atomic E-state index is 12.4. The summed E-state index contributed by atoms with van der Waals surface area (Å²) >= 11 is 5.91. The van der Waals surface area contributed by atoms with Gasteiger partial charge in [0.05, 0.1) is 12.0 Å². The van der Waals surface area contributed by atoms with Crippen LogP contribution in [0, 0.1) is 0 Å². The number of aromatic amines is 3. The summed E-state index contributed by atoms with van der Waals surface area (Å²) in [5.74, 6) is -0.0540. The van der Waals surface area contributed by atoms with Gasteiger partial charge in [-0.3, -0.25) is 9.59 Å². The molecule has 0 saturated carbocycles. The number of nitrogens with one attached hydrogen (secondary N) is 3.